The molecule has 4 nitrogen and oxygen atoms in total. The van der Waals surface area contributed by atoms with Crippen molar-refractivity contribution in [1.29, 1.82) is 0 Å². The molecule has 4 heteroatoms. The summed E-state index contributed by atoms with van der Waals surface area (Å²) in [7, 11) is 0. The molecule has 20 heavy (non-hydrogen) atoms. The van der Waals surface area contributed by atoms with Crippen molar-refractivity contribution in [3.63, 3.8) is 0 Å². The molecule has 3 rings (SSSR count). The maximum Gasteiger partial charge on any atom is 0.120 e. The average molecular weight is 270 g/mol. The van der Waals surface area contributed by atoms with Crippen LogP contribution in [0.15, 0.2) is 24.4 Å². The van der Waals surface area contributed by atoms with Gasteiger partial charge in [-0.2, -0.15) is 0 Å². The number of H-pyrrole nitrogens is 1. The Morgan fingerprint density at radius 1 is 1.20 bits per heavy atom. The highest BCUT2D eigenvalue weighted by atomic mass is 15.2. The summed E-state index contributed by atoms with van der Waals surface area (Å²) in [4.78, 5) is 10.4. The van der Waals surface area contributed by atoms with Gasteiger partial charge in [0.25, 0.3) is 0 Å². The van der Waals surface area contributed by atoms with Gasteiger partial charge in [0.2, 0.25) is 0 Å². The van der Waals surface area contributed by atoms with E-state index in [1.54, 1.807) is 0 Å². The van der Waals surface area contributed by atoms with Crippen LogP contribution in [-0.2, 0) is 6.54 Å². The van der Waals surface area contributed by atoms with Crippen molar-refractivity contribution in [3.8, 4) is 11.3 Å². The van der Waals surface area contributed by atoms with Gasteiger partial charge in [0, 0.05) is 31.7 Å². The molecule has 2 heterocycles. The van der Waals surface area contributed by atoms with Gasteiger partial charge in [-0.15, -0.1) is 0 Å². The third kappa shape index (κ3) is 2.92. The largest absolute Gasteiger partial charge is 0.341 e. The second-order valence-corrected chi connectivity index (χ2v) is 5.59. The Labute approximate surface area is 120 Å². The van der Waals surface area contributed by atoms with E-state index in [-0.39, 0.29) is 0 Å². The number of aromatic amines is 1. The highest BCUT2D eigenvalue weighted by molar-refractivity contribution is 5.63. The van der Waals surface area contributed by atoms with Crippen molar-refractivity contribution in [3.05, 3.63) is 41.3 Å². The first kappa shape index (κ1) is 13.3. The zero-order valence-corrected chi connectivity index (χ0v) is 12.2. The van der Waals surface area contributed by atoms with E-state index in [9.17, 15) is 0 Å². The lowest BCUT2D eigenvalue weighted by Gasteiger charge is -2.26. The summed E-state index contributed by atoms with van der Waals surface area (Å²) in [5.41, 5.74) is 4.94. The molecule has 0 spiro atoms. The van der Waals surface area contributed by atoms with Gasteiger partial charge in [0.1, 0.15) is 5.82 Å². The van der Waals surface area contributed by atoms with E-state index in [2.05, 4.69) is 52.2 Å². The van der Waals surface area contributed by atoms with Crippen LogP contribution in [0.1, 0.15) is 17.0 Å². The highest BCUT2D eigenvalue weighted by Crippen LogP contribution is 2.23. The van der Waals surface area contributed by atoms with Crippen LogP contribution in [0.2, 0.25) is 0 Å². The van der Waals surface area contributed by atoms with Gasteiger partial charge >= 0.3 is 0 Å². The number of rotatable bonds is 3. The summed E-state index contributed by atoms with van der Waals surface area (Å²) < 4.78 is 0. The third-order valence-electron chi connectivity index (χ3n) is 3.89. The molecule has 0 amide bonds. The number of imidazole rings is 1. The fraction of sp³-hybridized carbons (Fsp3) is 0.438. The molecule has 1 saturated heterocycles. The van der Waals surface area contributed by atoms with Gasteiger partial charge in [0.15, 0.2) is 0 Å². The minimum atomic E-state index is 0.909. The van der Waals surface area contributed by atoms with Crippen LogP contribution in [0.4, 0.5) is 0 Å². The van der Waals surface area contributed by atoms with Crippen LogP contribution in [0, 0.1) is 13.8 Å². The summed E-state index contributed by atoms with van der Waals surface area (Å²) >= 11 is 0. The van der Waals surface area contributed by atoms with Crippen LogP contribution in [-0.4, -0.2) is 41.0 Å². The van der Waals surface area contributed by atoms with Crippen LogP contribution in [0.5, 0.6) is 0 Å². The lowest BCUT2D eigenvalue weighted by Crippen LogP contribution is -2.43. The summed E-state index contributed by atoms with van der Waals surface area (Å²) in [6.07, 6.45) is 1.96. The number of aromatic nitrogens is 2. The van der Waals surface area contributed by atoms with Gasteiger partial charge in [-0.05, 0) is 25.5 Å². The van der Waals surface area contributed by atoms with Crippen LogP contribution >= 0.6 is 0 Å². The number of hydrogen-bond donors (Lipinski definition) is 2. The zero-order chi connectivity index (χ0) is 13.9. The third-order valence-corrected chi connectivity index (χ3v) is 3.89. The Kier molecular flexibility index (Phi) is 3.85. The number of piperazine rings is 1. The summed E-state index contributed by atoms with van der Waals surface area (Å²) in [6, 6.07) is 6.54. The maximum atomic E-state index is 4.54. The minimum absolute atomic E-state index is 0.909. The monoisotopic (exact) mass is 270 g/mol. The van der Waals surface area contributed by atoms with E-state index < -0.39 is 0 Å². The Hall–Kier alpha value is -1.65. The Balaban J connectivity index is 1.77. The van der Waals surface area contributed by atoms with Crippen LogP contribution < -0.4 is 5.32 Å². The van der Waals surface area contributed by atoms with Crippen molar-refractivity contribution in [2.75, 3.05) is 26.2 Å². The SMILES string of the molecule is Cc1ccc(C)c(-c2cnc(CN3CCNCC3)[nH]2)c1. The van der Waals surface area contributed by atoms with Gasteiger partial charge in [-0.25, -0.2) is 4.98 Å². The summed E-state index contributed by atoms with van der Waals surface area (Å²) in [5.74, 6) is 1.06. The minimum Gasteiger partial charge on any atom is -0.341 e. The Morgan fingerprint density at radius 2 is 2.00 bits per heavy atom. The van der Waals surface area contributed by atoms with Gasteiger partial charge < -0.3 is 10.3 Å². The first-order valence-electron chi connectivity index (χ1n) is 7.27. The first-order valence-corrected chi connectivity index (χ1v) is 7.27. The van der Waals surface area contributed by atoms with E-state index in [0.717, 1.165) is 44.2 Å². The fourth-order valence-corrected chi connectivity index (χ4v) is 2.69. The second-order valence-electron chi connectivity index (χ2n) is 5.59. The molecule has 1 aliphatic rings. The molecule has 1 aliphatic heterocycles. The molecule has 0 saturated carbocycles. The average Bonchev–Trinajstić information content (AvgIpc) is 2.91. The molecule has 0 atom stereocenters. The van der Waals surface area contributed by atoms with Gasteiger partial charge in [-0.1, -0.05) is 17.7 Å². The Morgan fingerprint density at radius 3 is 2.80 bits per heavy atom. The van der Waals surface area contributed by atoms with Crippen molar-refractivity contribution < 1.29 is 0 Å². The lowest BCUT2D eigenvalue weighted by molar-refractivity contribution is 0.228. The maximum absolute atomic E-state index is 4.54. The predicted molar refractivity (Wildman–Crippen MR) is 81.6 cm³/mol. The summed E-state index contributed by atoms with van der Waals surface area (Å²) in [5, 5.41) is 3.37. The zero-order valence-electron chi connectivity index (χ0n) is 12.2. The molecule has 0 unspecified atom stereocenters. The quantitative estimate of drug-likeness (QED) is 0.897. The van der Waals surface area contributed by atoms with E-state index in [1.807, 2.05) is 6.20 Å². The van der Waals surface area contributed by atoms with E-state index in [1.165, 1.54) is 16.7 Å². The van der Waals surface area contributed by atoms with Crippen molar-refractivity contribution in [1.82, 2.24) is 20.2 Å². The lowest BCUT2D eigenvalue weighted by atomic mass is 10.0. The smallest absolute Gasteiger partial charge is 0.120 e. The molecule has 2 aromatic rings. The summed E-state index contributed by atoms with van der Waals surface area (Å²) in [6.45, 7) is 9.52. The van der Waals surface area contributed by atoms with Crippen molar-refractivity contribution >= 4 is 0 Å². The topological polar surface area (TPSA) is 44.0 Å². The molecule has 2 N–H and O–H groups in total. The molecule has 1 aromatic heterocycles. The molecular weight excluding hydrogens is 248 g/mol. The van der Waals surface area contributed by atoms with E-state index in [0.29, 0.717) is 0 Å². The predicted octanol–water partition coefficient (Wildman–Crippen LogP) is 2.10. The van der Waals surface area contributed by atoms with Crippen molar-refractivity contribution in [2.45, 2.75) is 20.4 Å². The first-order chi connectivity index (χ1) is 9.72. The number of hydrogen-bond acceptors (Lipinski definition) is 3. The molecule has 0 radical (unpaired) electrons. The van der Waals surface area contributed by atoms with Crippen LogP contribution in [0.25, 0.3) is 11.3 Å². The standard InChI is InChI=1S/C16H22N4/c1-12-3-4-13(2)14(9-12)15-10-18-16(19-15)11-20-7-5-17-6-8-20/h3-4,9-10,17H,5-8,11H2,1-2H3,(H,18,19). The molecule has 1 fully saturated rings. The highest BCUT2D eigenvalue weighted by Gasteiger charge is 2.12. The molecule has 1 aromatic carbocycles. The molecule has 0 bridgehead atoms. The normalized spacial score (nSPS) is 16.5. The number of aryl methyl sites for hydroxylation is 2. The van der Waals surface area contributed by atoms with Crippen LogP contribution in [0.3, 0.4) is 0 Å². The van der Waals surface area contributed by atoms with E-state index >= 15 is 0 Å². The molecular formula is C16H22N4. The van der Waals surface area contributed by atoms with Gasteiger partial charge in [-0.3, -0.25) is 4.90 Å². The Bertz CT molecular complexity index is 582. The second kappa shape index (κ2) is 5.77. The number of nitrogens with one attached hydrogen (secondary N) is 2. The van der Waals surface area contributed by atoms with Crippen molar-refractivity contribution in [2.24, 2.45) is 0 Å². The van der Waals surface area contributed by atoms with E-state index in [4.69, 9.17) is 0 Å². The molecule has 0 aliphatic carbocycles. The van der Waals surface area contributed by atoms with Gasteiger partial charge in [0.05, 0.1) is 18.4 Å². The molecule has 106 valence electrons. The number of benzene rings is 1. The number of nitrogens with zero attached hydrogens (tertiary/aromatic N) is 2. The fourth-order valence-electron chi connectivity index (χ4n) is 2.69.